The molecule has 0 radical (unpaired) electrons. The topological polar surface area (TPSA) is 12.0 Å². The summed E-state index contributed by atoms with van der Waals surface area (Å²) in [5.74, 6) is -1.54. The Kier molecular flexibility index (Phi) is 4.85. The summed E-state index contributed by atoms with van der Waals surface area (Å²) in [6.07, 6.45) is 1.38. The van der Waals surface area contributed by atoms with Crippen LogP contribution in [0, 0.1) is 11.6 Å². The van der Waals surface area contributed by atoms with E-state index in [1.807, 2.05) is 19.2 Å². The van der Waals surface area contributed by atoms with Crippen LogP contribution < -0.4 is 5.32 Å². The third-order valence-corrected chi connectivity index (χ3v) is 3.57. The van der Waals surface area contributed by atoms with E-state index in [4.69, 9.17) is 0 Å². The van der Waals surface area contributed by atoms with Crippen LogP contribution in [0.25, 0.3) is 0 Å². The average Bonchev–Trinajstić information content (AvgIpc) is 2.49. The molecule has 0 aliphatic rings. The van der Waals surface area contributed by atoms with Crippen molar-refractivity contribution in [3.05, 3.63) is 70.8 Å². The second-order valence-electron chi connectivity index (χ2n) is 4.86. The Bertz CT molecular complexity index is 581. The van der Waals surface area contributed by atoms with Crippen molar-refractivity contribution in [3.63, 3.8) is 0 Å². The molecule has 2 rings (SSSR count). The minimum absolute atomic E-state index is 0.0298. The van der Waals surface area contributed by atoms with Gasteiger partial charge < -0.3 is 5.32 Å². The third-order valence-electron chi connectivity index (χ3n) is 3.57. The summed E-state index contributed by atoms with van der Waals surface area (Å²) < 4.78 is 27.0. The Morgan fingerprint density at radius 1 is 1.10 bits per heavy atom. The number of hydrogen-bond acceptors (Lipinski definition) is 1. The minimum Gasteiger partial charge on any atom is -0.313 e. The summed E-state index contributed by atoms with van der Waals surface area (Å²) in [5.41, 5.74) is 2.73. The highest BCUT2D eigenvalue weighted by Crippen LogP contribution is 2.22. The molecule has 0 spiro atoms. The van der Waals surface area contributed by atoms with Crippen molar-refractivity contribution >= 4 is 0 Å². The maximum Gasteiger partial charge on any atom is 0.162 e. The molecule has 0 aliphatic carbocycles. The Labute approximate surface area is 118 Å². The van der Waals surface area contributed by atoms with Gasteiger partial charge in [-0.3, -0.25) is 0 Å². The molecule has 1 nitrogen and oxygen atoms in total. The van der Waals surface area contributed by atoms with Crippen LogP contribution in [0.15, 0.2) is 42.5 Å². The van der Waals surface area contributed by atoms with Gasteiger partial charge in [-0.2, -0.15) is 0 Å². The molecule has 20 heavy (non-hydrogen) atoms. The molecule has 0 aromatic heterocycles. The zero-order chi connectivity index (χ0) is 14.5. The highest BCUT2D eigenvalue weighted by molar-refractivity contribution is 5.29. The summed E-state index contributed by atoms with van der Waals surface area (Å²) in [6.45, 7) is 2.10. The van der Waals surface area contributed by atoms with Gasteiger partial charge in [0, 0.05) is 6.04 Å². The minimum atomic E-state index is -0.792. The maximum atomic E-state index is 13.8. The molecule has 3 heteroatoms. The van der Waals surface area contributed by atoms with Crippen LogP contribution in [-0.4, -0.2) is 7.05 Å². The lowest BCUT2D eigenvalue weighted by Crippen LogP contribution is -2.19. The van der Waals surface area contributed by atoms with E-state index in [0.717, 1.165) is 18.1 Å². The maximum absolute atomic E-state index is 13.8. The van der Waals surface area contributed by atoms with Gasteiger partial charge in [0.25, 0.3) is 0 Å². The summed E-state index contributed by atoms with van der Waals surface area (Å²) in [7, 11) is 1.83. The van der Waals surface area contributed by atoms with Crippen molar-refractivity contribution in [3.8, 4) is 0 Å². The first-order valence-corrected chi connectivity index (χ1v) is 6.84. The van der Waals surface area contributed by atoms with Crippen LogP contribution in [0.2, 0.25) is 0 Å². The molecule has 0 aliphatic heterocycles. The summed E-state index contributed by atoms with van der Waals surface area (Å²) in [5, 5.41) is 3.18. The molecular formula is C17H19F2N. The van der Waals surface area contributed by atoms with Gasteiger partial charge in [-0.1, -0.05) is 43.3 Å². The number of aryl methyl sites for hydroxylation is 1. The largest absolute Gasteiger partial charge is 0.313 e. The molecule has 106 valence electrons. The second kappa shape index (κ2) is 6.62. The van der Waals surface area contributed by atoms with Crippen molar-refractivity contribution in [1.29, 1.82) is 0 Å². The Morgan fingerprint density at radius 2 is 1.85 bits per heavy atom. The average molecular weight is 275 g/mol. The normalized spacial score (nSPS) is 12.4. The molecular weight excluding hydrogens is 256 g/mol. The first-order valence-electron chi connectivity index (χ1n) is 6.84. The second-order valence-corrected chi connectivity index (χ2v) is 4.86. The van der Waals surface area contributed by atoms with Gasteiger partial charge in [-0.25, -0.2) is 8.78 Å². The SMILES string of the molecule is CCc1cccc(C(Cc2cccc(F)c2F)NC)c1. The lowest BCUT2D eigenvalue weighted by molar-refractivity contribution is 0.487. The van der Waals surface area contributed by atoms with Crippen molar-refractivity contribution < 1.29 is 8.78 Å². The number of rotatable bonds is 5. The number of nitrogens with one attached hydrogen (secondary N) is 1. The molecule has 0 bridgehead atoms. The standard InChI is InChI=1S/C17H19F2N/c1-3-12-6-4-7-13(10-12)16(20-2)11-14-8-5-9-15(18)17(14)19/h4-10,16,20H,3,11H2,1-2H3. The molecule has 2 aromatic rings. The molecule has 0 saturated heterocycles. The number of hydrogen-bond donors (Lipinski definition) is 1. The smallest absolute Gasteiger partial charge is 0.162 e. The van der Waals surface area contributed by atoms with Gasteiger partial charge in [0.2, 0.25) is 0 Å². The third kappa shape index (κ3) is 3.23. The van der Waals surface area contributed by atoms with Crippen LogP contribution in [0.1, 0.15) is 29.7 Å². The molecule has 0 heterocycles. The van der Waals surface area contributed by atoms with E-state index in [2.05, 4.69) is 24.4 Å². The van der Waals surface area contributed by atoms with Gasteiger partial charge in [0.1, 0.15) is 0 Å². The Morgan fingerprint density at radius 3 is 2.55 bits per heavy atom. The monoisotopic (exact) mass is 275 g/mol. The van der Waals surface area contributed by atoms with E-state index in [-0.39, 0.29) is 6.04 Å². The van der Waals surface area contributed by atoms with Crippen molar-refractivity contribution in [1.82, 2.24) is 5.32 Å². The van der Waals surface area contributed by atoms with E-state index in [0.29, 0.717) is 12.0 Å². The Hall–Kier alpha value is -1.74. The molecule has 0 amide bonds. The predicted molar refractivity (Wildman–Crippen MR) is 77.7 cm³/mol. The fourth-order valence-corrected chi connectivity index (χ4v) is 2.34. The van der Waals surface area contributed by atoms with Crippen LogP contribution in [0.3, 0.4) is 0 Å². The van der Waals surface area contributed by atoms with Gasteiger partial charge in [0.05, 0.1) is 0 Å². The fraction of sp³-hybridized carbons (Fsp3) is 0.294. The van der Waals surface area contributed by atoms with Crippen LogP contribution in [-0.2, 0) is 12.8 Å². The van der Waals surface area contributed by atoms with Gasteiger partial charge in [-0.05, 0) is 42.6 Å². The van der Waals surface area contributed by atoms with E-state index in [1.54, 1.807) is 12.1 Å². The number of likely N-dealkylation sites (N-methyl/N-ethyl adjacent to an activating group) is 1. The zero-order valence-corrected chi connectivity index (χ0v) is 11.8. The molecule has 1 N–H and O–H groups in total. The predicted octanol–water partition coefficient (Wildman–Crippen LogP) is 4.03. The molecule has 2 aromatic carbocycles. The quantitative estimate of drug-likeness (QED) is 0.868. The Balaban J connectivity index is 2.26. The van der Waals surface area contributed by atoms with Crippen LogP contribution >= 0.6 is 0 Å². The highest BCUT2D eigenvalue weighted by atomic mass is 19.2. The molecule has 1 atom stereocenters. The van der Waals surface area contributed by atoms with Gasteiger partial charge in [0.15, 0.2) is 11.6 Å². The van der Waals surface area contributed by atoms with Crippen LogP contribution in [0.5, 0.6) is 0 Å². The van der Waals surface area contributed by atoms with E-state index in [1.165, 1.54) is 5.56 Å². The van der Waals surface area contributed by atoms with E-state index >= 15 is 0 Å². The van der Waals surface area contributed by atoms with Crippen molar-refractivity contribution in [2.45, 2.75) is 25.8 Å². The first-order chi connectivity index (χ1) is 9.65. The van der Waals surface area contributed by atoms with Gasteiger partial charge >= 0.3 is 0 Å². The number of halogens is 2. The van der Waals surface area contributed by atoms with Crippen molar-refractivity contribution in [2.75, 3.05) is 7.05 Å². The fourth-order valence-electron chi connectivity index (χ4n) is 2.34. The van der Waals surface area contributed by atoms with Crippen molar-refractivity contribution in [2.24, 2.45) is 0 Å². The van der Waals surface area contributed by atoms with Gasteiger partial charge in [-0.15, -0.1) is 0 Å². The molecule has 0 fully saturated rings. The number of benzene rings is 2. The lowest BCUT2D eigenvalue weighted by atomic mass is 9.96. The highest BCUT2D eigenvalue weighted by Gasteiger charge is 2.15. The summed E-state index contributed by atoms with van der Waals surface area (Å²) >= 11 is 0. The molecule has 1 unspecified atom stereocenters. The van der Waals surface area contributed by atoms with E-state index < -0.39 is 11.6 Å². The van der Waals surface area contributed by atoms with E-state index in [9.17, 15) is 8.78 Å². The summed E-state index contributed by atoms with van der Waals surface area (Å²) in [4.78, 5) is 0. The molecule has 0 saturated carbocycles. The van der Waals surface area contributed by atoms with Crippen LogP contribution in [0.4, 0.5) is 8.78 Å². The zero-order valence-electron chi connectivity index (χ0n) is 11.8. The first kappa shape index (κ1) is 14.7. The summed E-state index contributed by atoms with van der Waals surface area (Å²) in [6, 6.07) is 12.5. The lowest BCUT2D eigenvalue weighted by Gasteiger charge is -2.18.